The molecule has 130 valence electrons. The Bertz CT molecular complexity index is 444. The molecule has 8 heteroatoms. The second-order valence-electron chi connectivity index (χ2n) is 7.56. The lowest BCUT2D eigenvalue weighted by molar-refractivity contribution is 0.111. The predicted octanol–water partition coefficient (Wildman–Crippen LogP) is 1.63. The Labute approximate surface area is 143 Å². The molecule has 0 saturated carbocycles. The van der Waals surface area contributed by atoms with Gasteiger partial charge in [-0.3, -0.25) is 10.0 Å². The monoisotopic (exact) mass is 320 g/mol. The van der Waals surface area contributed by atoms with Crippen LogP contribution in [0.3, 0.4) is 0 Å². The van der Waals surface area contributed by atoms with Gasteiger partial charge in [0.2, 0.25) is 5.96 Å². The van der Waals surface area contributed by atoms with Gasteiger partial charge in [0.1, 0.15) is 0 Å². The highest BCUT2D eigenvalue weighted by molar-refractivity contribution is 6.71. The van der Waals surface area contributed by atoms with Gasteiger partial charge in [0, 0.05) is 7.05 Å². The first-order valence-corrected chi connectivity index (χ1v) is 9.06. The van der Waals surface area contributed by atoms with Crippen LogP contribution in [0.25, 0.3) is 0 Å². The first-order chi connectivity index (χ1) is 10.8. The summed E-state index contributed by atoms with van der Waals surface area (Å²) in [5.74, 6) is 7.29. The maximum absolute atomic E-state index is 6.40. The van der Waals surface area contributed by atoms with Gasteiger partial charge < -0.3 is 14.3 Å². The van der Waals surface area contributed by atoms with Crippen LogP contribution in [0.5, 0.6) is 0 Å². The Morgan fingerprint density at radius 3 is 2.39 bits per heavy atom. The SMILES string of the molecule is CCCCCCN1B(C)N(C)C2N(B1C)C(=NC)N(N)C2(C)C. The van der Waals surface area contributed by atoms with E-state index in [1.54, 1.807) is 0 Å². The molecule has 0 aromatic carbocycles. The van der Waals surface area contributed by atoms with E-state index in [-0.39, 0.29) is 11.7 Å². The summed E-state index contributed by atoms with van der Waals surface area (Å²) in [4.78, 5) is 9.32. The number of unbranched alkanes of at least 4 members (excludes halogenated alkanes) is 3. The third kappa shape index (κ3) is 3.01. The minimum atomic E-state index is -0.166. The van der Waals surface area contributed by atoms with Crippen LogP contribution in [-0.4, -0.2) is 71.6 Å². The summed E-state index contributed by atoms with van der Waals surface area (Å²) in [6.07, 6.45) is 5.40. The molecule has 2 fully saturated rings. The van der Waals surface area contributed by atoms with Crippen LogP contribution in [0, 0.1) is 0 Å². The van der Waals surface area contributed by atoms with Gasteiger partial charge in [0.05, 0.1) is 11.7 Å². The highest BCUT2D eigenvalue weighted by Gasteiger charge is 2.58. The number of hydrogen-bond donors (Lipinski definition) is 1. The number of likely N-dealkylation sites (N-methyl/N-ethyl adjacent to an activating group) is 1. The molecule has 2 heterocycles. The van der Waals surface area contributed by atoms with Crippen molar-refractivity contribution in [3.8, 4) is 0 Å². The van der Waals surface area contributed by atoms with E-state index in [1.165, 1.54) is 25.7 Å². The number of hydrogen-bond acceptors (Lipinski definition) is 4. The Morgan fingerprint density at radius 2 is 1.83 bits per heavy atom. The minimum absolute atomic E-state index is 0.166. The third-order valence-electron chi connectivity index (χ3n) is 5.77. The van der Waals surface area contributed by atoms with Crippen molar-refractivity contribution in [3.63, 3.8) is 0 Å². The molecule has 2 rings (SSSR count). The zero-order chi connectivity index (χ0) is 17.4. The average Bonchev–Trinajstić information content (AvgIpc) is 2.71. The minimum Gasteiger partial charge on any atom is -0.355 e. The topological polar surface area (TPSA) is 51.3 Å². The van der Waals surface area contributed by atoms with E-state index in [4.69, 9.17) is 5.84 Å². The van der Waals surface area contributed by atoms with Crippen molar-refractivity contribution in [2.75, 3.05) is 20.6 Å². The van der Waals surface area contributed by atoms with E-state index in [0.29, 0.717) is 14.0 Å². The number of nitrogens with two attached hydrogens (primary N) is 1. The molecule has 2 aliphatic rings. The number of fused-ring (bicyclic) bond motifs is 1. The van der Waals surface area contributed by atoms with Gasteiger partial charge in [-0.1, -0.05) is 39.8 Å². The summed E-state index contributed by atoms with van der Waals surface area (Å²) in [5, 5.41) is 1.85. The quantitative estimate of drug-likeness (QED) is 0.474. The lowest BCUT2D eigenvalue weighted by atomic mass is 9.56. The van der Waals surface area contributed by atoms with Crippen LogP contribution in [0.2, 0.25) is 13.6 Å². The zero-order valence-corrected chi connectivity index (χ0v) is 16.1. The molecular weight excluding hydrogens is 286 g/mol. The summed E-state index contributed by atoms with van der Waals surface area (Å²) in [5.41, 5.74) is -0.166. The van der Waals surface area contributed by atoms with E-state index in [9.17, 15) is 0 Å². The molecule has 2 saturated heterocycles. The van der Waals surface area contributed by atoms with E-state index in [1.807, 2.05) is 12.1 Å². The van der Waals surface area contributed by atoms with Gasteiger partial charge in [0.25, 0.3) is 6.98 Å². The third-order valence-corrected chi connectivity index (χ3v) is 5.77. The number of aliphatic imine (C=N–C) groups is 1. The Balaban J connectivity index is 2.23. The molecule has 0 aliphatic carbocycles. The normalized spacial score (nSPS) is 27.3. The lowest BCUT2D eigenvalue weighted by Crippen LogP contribution is -2.74. The fraction of sp³-hybridized carbons (Fsp3) is 0.933. The Hall–Kier alpha value is -0.720. The van der Waals surface area contributed by atoms with E-state index in [2.05, 4.69) is 60.8 Å². The van der Waals surface area contributed by atoms with Gasteiger partial charge >= 0.3 is 6.98 Å². The second kappa shape index (κ2) is 7.03. The fourth-order valence-electron chi connectivity index (χ4n) is 4.25. The summed E-state index contributed by atoms with van der Waals surface area (Å²) < 4.78 is 2.58. The van der Waals surface area contributed by atoms with Gasteiger partial charge in [-0.05, 0) is 33.9 Å². The summed E-state index contributed by atoms with van der Waals surface area (Å²) >= 11 is 0. The number of hydrazine groups is 1. The molecule has 0 spiro atoms. The smallest absolute Gasteiger partial charge is 0.333 e. The predicted molar refractivity (Wildman–Crippen MR) is 101 cm³/mol. The van der Waals surface area contributed by atoms with Crippen molar-refractivity contribution < 1.29 is 0 Å². The molecule has 0 aromatic rings. The average molecular weight is 320 g/mol. The van der Waals surface area contributed by atoms with Gasteiger partial charge in [-0.2, -0.15) is 0 Å². The van der Waals surface area contributed by atoms with Crippen LogP contribution in [0.4, 0.5) is 0 Å². The van der Waals surface area contributed by atoms with Crippen LogP contribution >= 0.6 is 0 Å². The molecule has 1 atom stereocenters. The first kappa shape index (κ1) is 18.6. The van der Waals surface area contributed by atoms with Crippen molar-refractivity contribution >= 4 is 19.9 Å². The number of nitrogens with zero attached hydrogens (tertiary/aromatic N) is 5. The highest BCUT2D eigenvalue weighted by atomic mass is 15.6. The van der Waals surface area contributed by atoms with Crippen LogP contribution in [0.1, 0.15) is 46.5 Å². The van der Waals surface area contributed by atoms with E-state index < -0.39 is 0 Å². The van der Waals surface area contributed by atoms with E-state index >= 15 is 0 Å². The van der Waals surface area contributed by atoms with E-state index in [0.717, 1.165) is 12.5 Å². The van der Waals surface area contributed by atoms with Crippen molar-refractivity contribution in [1.82, 2.24) is 19.4 Å². The van der Waals surface area contributed by atoms with Crippen molar-refractivity contribution in [1.29, 1.82) is 0 Å². The number of guanidine groups is 1. The Morgan fingerprint density at radius 1 is 1.17 bits per heavy atom. The molecule has 0 amide bonds. The van der Waals surface area contributed by atoms with Crippen LogP contribution < -0.4 is 5.84 Å². The maximum Gasteiger partial charge on any atom is 0.333 e. The molecule has 2 aliphatic heterocycles. The fourth-order valence-corrected chi connectivity index (χ4v) is 4.25. The molecule has 6 nitrogen and oxygen atoms in total. The molecule has 2 N–H and O–H groups in total. The maximum atomic E-state index is 6.40. The summed E-state index contributed by atoms with van der Waals surface area (Å²) in [7, 11) is 4.05. The van der Waals surface area contributed by atoms with Gasteiger partial charge in [-0.15, -0.1) is 0 Å². The molecule has 0 aromatic heterocycles. The molecule has 1 unspecified atom stereocenters. The second-order valence-corrected chi connectivity index (χ2v) is 7.56. The summed E-state index contributed by atoms with van der Waals surface area (Å²) in [6.45, 7) is 13.1. The van der Waals surface area contributed by atoms with Crippen molar-refractivity contribution in [2.45, 2.75) is 71.8 Å². The zero-order valence-electron chi connectivity index (χ0n) is 16.1. The molecule has 0 radical (unpaired) electrons. The first-order valence-electron chi connectivity index (χ1n) is 9.06. The standard InChI is InChI=1S/C15H34B2N6/c1-8-9-10-11-12-21-16(4)20(7)13-15(2,3)23(18)14(19-6)22(13)17(21)5/h13H,8-12,18H2,1-7H3. The lowest BCUT2D eigenvalue weighted by Gasteiger charge is -2.52. The highest BCUT2D eigenvalue weighted by Crippen LogP contribution is 2.37. The molecular formula is C15H34B2N6. The number of rotatable bonds is 5. The van der Waals surface area contributed by atoms with Crippen LogP contribution in [-0.2, 0) is 0 Å². The molecule has 23 heavy (non-hydrogen) atoms. The van der Waals surface area contributed by atoms with Gasteiger partial charge in [-0.25, -0.2) is 5.84 Å². The van der Waals surface area contributed by atoms with Crippen LogP contribution in [0.15, 0.2) is 4.99 Å². The van der Waals surface area contributed by atoms with Gasteiger partial charge in [0.15, 0.2) is 0 Å². The van der Waals surface area contributed by atoms with Crippen molar-refractivity contribution in [3.05, 3.63) is 0 Å². The Kier molecular flexibility index (Phi) is 5.69. The largest absolute Gasteiger partial charge is 0.355 e. The molecule has 0 bridgehead atoms. The van der Waals surface area contributed by atoms with Crippen molar-refractivity contribution in [2.24, 2.45) is 10.8 Å². The summed E-state index contributed by atoms with van der Waals surface area (Å²) in [6, 6.07) is 0.